The third-order valence-electron chi connectivity index (χ3n) is 2.32. The van der Waals surface area contributed by atoms with Gasteiger partial charge in [-0.3, -0.25) is 0 Å². The Morgan fingerprint density at radius 2 is 2.28 bits per heavy atom. The van der Waals surface area contributed by atoms with Crippen LogP contribution in [0.25, 0.3) is 0 Å². The second-order valence-electron chi connectivity index (χ2n) is 3.67. The van der Waals surface area contributed by atoms with E-state index in [0.29, 0.717) is 12.4 Å². The predicted molar refractivity (Wildman–Crippen MR) is 70.4 cm³/mol. The van der Waals surface area contributed by atoms with E-state index in [1.54, 1.807) is 16.4 Å². The number of aromatic nitrogens is 4. The zero-order valence-corrected chi connectivity index (χ0v) is 11.1. The molecule has 0 aliphatic carbocycles. The normalized spacial score (nSPS) is 10.6. The maximum atomic E-state index is 5.79. The van der Waals surface area contributed by atoms with Crippen LogP contribution in [-0.4, -0.2) is 26.8 Å². The Morgan fingerprint density at radius 3 is 2.94 bits per heavy atom. The number of nitrogens with two attached hydrogens (primary N) is 1. The smallest absolute Gasteiger partial charge is 0.209 e. The highest BCUT2D eigenvalue weighted by molar-refractivity contribution is 7.98. The number of aryl methyl sites for hydroxylation is 1. The van der Waals surface area contributed by atoms with Crippen LogP contribution < -0.4 is 10.5 Å². The standard InChI is InChI=1S/C11H15N5OS/c1-3-17-10-5-4-9(12)6-8(10)7-18-11-13-14-15-16(11)2/h4-6H,3,7,12H2,1-2H3. The number of benzene rings is 1. The average molecular weight is 265 g/mol. The van der Waals surface area contributed by atoms with Crippen molar-refractivity contribution in [1.82, 2.24) is 20.2 Å². The van der Waals surface area contributed by atoms with Crippen LogP contribution in [0.5, 0.6) is 5.75 Å². The van der Waals surface area contributed by atoms with Gasteiger partial charge in [-0.05, 0) is 35.5 Å². The van der Waals surface area contributed by atoms with Gasteiger partial charge in [-0.25, -0.2) is 4.68 Å². The van der Waals surface area contributed by atoms with Gasteiger partial charge >= 0.3 is 0 Å². The Kier molecular flexibility index (Phi) is 4.03. The van der Waals surface area contributed by atoms with E-state index in [4.69, 9.17) is 10.5 Å². The molecule has 1 aromatic heterocycles. The maximum Gasteiger partial charge on any atom is 0.209 e. The minimum Gasteiger partial charge on any atom is -0.494 e. The summed E-state index contributed by atoms with van der Waals surface area (Å²) < 4.78 is 7.20. The first-order valence-electron chi connectivity index (χ1n) is 5.57. The lowest BCUT2D eigenvalue weighted by atomic mass is 10.2. The lowest BCUT2D eigenvalue weighted by Gasteiger charge is -2.10. The van der Waals surface area contributed by atoms with Gasteiger partial charge in [0.2, 0.25) is 5.16 Å². The van der Waals surface area contributed by atoms with Gasteiger partial charge in [0.25, 0.3) is 0 Å². The molecule has 0 unspecified atom stereocenters. The molecule has 2 aromatic rings. The fraction of sp³-hybridized carbons (Fsp3) is 0.364. The minimum absolute atomic E-state index is 0.632. The molecule has 0 spiro atoms. The van der Waals surface area contributed by atoms with Crippen LogP contribution in [-0.2, 0) is 12.8 Å². The molecule has 7 heteroatoms. The summed E-state index contributed by atoms with van der Waals surface area (Å²) in [5.74, 6) is 1.57. The highest BCUT2D eigenvalue weighted by atomic mass is 32.2. The maximum absolute atomic E-state index is 5.79. The number of rotatable bonds is 5. The molecule has 2 N–H and O–H groups in total. The summed E-state index contributed by atoms with van der Waals surface area (Å²) in [6, 6.07) is 5.65. The van der Waals surface area contributed by atoms with E-state index in [1.165, 1.54) is 0 Å². The fourth-order valence-electron chi connectivity index (χ4n) is 1.49. The van der Waals surface area contributed by atoms with Crippen LogP contribution in [0.3, 0.4) is 0 Å². The molecule has 6 nitrogen and oxygen atoms in total. The van der Waals surface area contributed by atoms with Crippen molar-refractivity contribution >= 4 is 17.4 Å². The van der Waals surface area contributed by atoms with Gasteiger partial charge in [0, 0.05) is 24.1 Å². The largest absolute Gasteiger partial charge is 0.494 e. The van der Waals surface area contributed by atoms with Crippen molar-refractivity contribution in [3.63, 3.8) is 0 Å². The summed E-state index contributed by atoms with van der Waals surface area (Å²) >= 11 is 1.55. The van der Waals surface area contributed by atoms with Crippen molar-refractivity contribution in [2.75, 3.05) is 12.3 Å². The summed E-state index contributed by atoms with van der Waals surface area (Å²) in [4.78, 5) is 0. The minimum atomic E-state index is 0.632. The molecule has 0 amide bonds. The highest BCUT2D eigenvalue weighted by Crippen LogP contribution is 2.28. The van der Waals surface area contributed by atoms with Crippen LogP contribution in [0.4, 0.5) is 5.69 Å². The topological polar surface area (TPSA) is 78.8 Å². The quantitative estimate of drug-likeness (QED) is 0.651. The number of nitrogens with zero attached hydrogens (tertiary/aromatic N) is 4. The Hall–Kier alpha value is -1.76. The number of thioether (sulfide) groups is 1. The Morgan fingerprint density at radius 1 is 1.44 bits per heavy atom. The molecule has 0 aliphatic rings. The van der Waals surface area contributed by atoms with Crippen LogP contribution in [0.1, 0.15) is 12.5 Å². The molecular weight excluding hydrogens is 250 g/mol. The van der Waals surface area contributed by atoms with E-state index in [1.807, 2.05) is 32.2 Å². The van der Waals surface area contributed by atoms with E-state index >= 15 is 0 Å². The Bertz CT molecular complexity index is 528. The van der Waals surface area contributed by atoms with Crippen LogP contribution >= 0.6 is 11.8 Å². The van der Waals surface area contributed by atoms with Crippen molar-refractivity contribution < 1.29 is 4.74 Å². The molecular formula is C11H15N5OS. The SMILES string of the molecule is CCOc1ccc(N)cc1CSc1nnnn1C. The summed E-state index contributed by atoms with van der Waals surface area (Å²) in [5, 5.41) is 12.1. The molecule has 0 radical (unpaired) electrons. The molecule has 0 bridgehead atoms. The molecule has 96 valence electrons. The van der Waals surface area contributed by atoms with E-state index in [2.05, 4.69) is 15.5 Å². The first kappa shape index (κ1) is 12.7. The molecule has 0 saturated carbocycles. The first-order chi connectivity index (χ1) is 8.70. The van der Waals surface area contributed by atoms with Crippen LogP contribution in [0, 0.1) is 0 Å². The van der Waals surface area contributed by atoms with E-state index in [0.717, 1.165) is 22.2 Å². The number of nitrogen functional groups attached to an aromatic ring is 1. The Balaban J connectivity index is 2.12. The molecule has 18 heavy (non-hydrogen) atoms. The van der Waals surface area contributed by atoms with Gasteiger partial charge < -0.3 is 10.5 Å². The number of tetrazole rings is 1. The third kappa shape index (κ3) is 2.92. The zero-order chi connectivity index (χ0) is 13.0. The summed E-state index contributed by atoms with van der Waals surface area (Å²) in [6.07, 6.45) is 0. The summed E-state index contributed by atoms with van der Waals surface area (Å²) in [5.41, 5.74) is 7.57. The van der Waals surface area contributed by atoms with Gasteiger partial charge in [-0.15, -0.1) is 5.10 Å². The summed E-state index contributed by atoms with van der Waals surface area (Å²) in [7, 11) is 1.81. The molecule has 2 rings (SSSR count). The Labute approximate surface area is 110 Å². The van der Waals surface area contributed by atoms with Crippen LogP contribution in [0.15, 0.2) is 23.4 Å². The third-order valence-corrected chi connectivity index (χ3v) is 3.38. The monoisotopic (exact) mass is 265 g/mol. The van der Waals surface area contributed by atoms with E-state index in [-0.39, 0.29) is 0 Å². The van der Waals surface area contributed by atoms with Gasteiger partial charge in [-0.2, -0.15) is 0 Å². The lowest BCUT2D eigenvalue weighted by Crippen LogP contribution is -1.98. The second kappa shape index (κ2) is 5.72. The molecule has 0 aliphatic heterocycles. The second-order valence-corrected chi connectivity index (χ2v) is 4.62. The van der Waals surface area contributed by atoms with Gasteiger partial charge in [0.1, 0.15) is 5.75 Å². The van der Waals surface area contributed by atoms with Gasteiger partial charge in [0.05, 0.1) is 6.61 Å². The van der Waals surface area contributed by atoms with Gasteiger partial charge in [-0.1, -0.05) is 11.8 Å². The van der Waals surface area contributed by atoms with Gasteiger partial charge in [0.15, 0.2) is 0 Å². The van der Waals surface area contributed by atoms with E-state index < -0.39 is 0 Å². The van der Waals surface area contributed by atoms with Crippen molar-refractivity contribution in [1.29, 1.82) is 0 Å². The van der Waals surface area contributed by atoms with Crippen molar-refractivity contribution in [2.24, 2.45) is 7.05 Å². The number of ether oxygens (including phenoxy) is 1. The van der Waals surface area contributed by atoms with Crippen molar-refractivity contribution in [2.45, 2.75) is 17.8 Å². The lowest BCUT2D eigenvalue weighted by molar-refractivity contribution is 0.337. The average Bonchev–Trinajstić information content (AvgIpc) is 2.75. The first-order valence-corrected chi connectivity index (χ1v) is 6.55. The fourth-order valence-corrected chi connectivity index (χ4v) is 2.32. The molecule has 1 aromatic carbocycles. The molecule has 0 saturated heterocycles. The number of hydrogen-bond acceptors (Lipinski definition) is 6. The van der Waals surface area contributed by atoms with Crippen LogP contribution in [0.2, 0.25) is 0 Å². The summed E-state index contributed by atoms with van der Waals surface area (Å²) in [6.45, 7) is 2.59. The van der Waals surface area contributed by atoms with Crippen molar-refractivity contribution in [3.05, 3.63) is 23.8 Å². The van der Waals surface area contributed by atoms with Crippen molar-refractivity contribution in [3.8, 4) is 5.75 Å². The highest BCUT2D eigenvalue weighted by Gasteiger charge is 2.08. The van der Waals surface area contributed by atoms with E-state index in [9.17, 15) is 0 Å². The predicted octanol–water partition coefficient (Wildman–Crippen LogP) is 1.48. The molecule has 0 fully saturated rings. The molecule has 0 atom stereocenters. The zero-order valence-electron chi connectivity index (χ0n) is 10.3. The number of anilines is 1. The number of hydrogen-bond donors (Lipinski definition) is 1. The molecule has 1 heterocycles.